The Bertz CT molecular complexity index is 534. The Labute approximate surface area is 114 Å². The van der Waals surface area contributed by atoms with E-state index in [1.54, 1.807) is 7.11 Å². The van der Waals surface area contributed by atoms with Gasteiger partial charge >= 0.3 is 0 Å². The summed E-state index contributed by atoms with van der Waals surface area (Å²) in [7, 11) is 1.65. The van der Waals surface area contributed by atoms with Crippen molar-refractivity contribution in [3.63, 3.8) is 0 Å². The second kappa shape index (κ2) is 6.10. The second-order valence-corrected chi connectivity index (χ2v) is 4.93. The van der Waals surface area contributed by atoms with Crippen LogP contribution in [0.4, 0.5) is 0 Å². The average Bonchev–Trinajstić information content (AvgIpc) is 2.40. The van der Waals surface area contributed by atoms with Crippen LogP contribution in [0.3, 0.4) is 0 Å². The summed E-state index contributed by atoms with van der Waals surface area (Å²) in [5, 5.41) is 3.05. The van der Waals surface area contributed by atoms with Gasteiger partial charge in [-0.2, -0.15) is 0 Å². The maximum atomic E-state index is 6.35. The van der Waals surface area contributed by atoms with Crippen LogP contribution in [-0.2, 0) is 6.42 Å². The second-order valence-electron chi connectivity index (χ2n) is 4.55. The van der Waals surface area contributed by atoms with Crippen LogP contribution in [0, 0.1) is 0 Å². The molecule has 2 heteroatoms. The smallest absolute Gasteiger partial charge is 0.138 e. The minimum Gasteiger partial charge on any atom is -0.495 e. The molecule has 0 radical (unpaired) electrons. The number of methoxy groups -OCH3 is 1. The highest BCUT2D eigenvalue weighted by Crippen LogP contribution is 2.34. The number of ether oxygens (including phenoxy) is 1. The van der Waals surface area contributed by atoms with Crippen LogP contribution in [0.1, 0.15) is 31.7 Å². The highest BCUT2D eigenvalue weighted by atomic mass is 35.5. The van der Waals surface area contributed by atoms with E-state index >= 15 is 0 Å². The Morgan fingerprint density at radius 3 is 2.61 bits per heavy atom. The molecule has 1 nitrogen and oxygen atoms in total. The molecule has 0 fully saturated rings. The molecule has 0 unspecified atom stereocenters. The Balaban J connectivity index is 2.40. The van der Waals surface area contributed by atoms with Crippen molar-refractivity contribution in [1.29, 1.82) is 0 Å². The first-order chi connectivity index (χ1) is 8.77. The third-order valence-electron chi connectivity index (χ3n) is 3.32. The number of rotatable bonds is 5. The van der Waals surface area contributed by atoms with Gasteiger partial charge in [0.25, 0.3) is 0 Å². The standard InChI is InChI=1S/C16H19ClO/c1-3-4-5-7-12-8-6-9-14-13(12)10-11-15(18-2)16(14)17/h6,8-11H,3-5,7H2,1-2H3. The highest BCUT2D eigenvalue weighted by Gasteiger charge is 2.08. The van der Waals surface area contributed by atoms with Gasteiger partial charge in [-0.15, -0.1) is 0 Å². The van der Waals surface area contributed by atoms with Gasteiger partial charge < -0.3 is 4.74 Å². The number of fused-ring (bicyclic) bond motifs is 1. The first-order valence-electron chi connectivity index (χ1n) is 6.52. The predicted octanol–water partition coefficient (Wildman–Crippen LogP) is 5.23. The fourth-order valence-electron chi connectivity index (χ4n) is 2.31. The summed E-state index contributed by atoms with van der Waals surface area (Å²) in [6.45, 7) is 2.23. The molecule has 0 saturated carbocycles. The number of unbranched alkanes of at least 4 members (excludes halogenated alkanes) is 2. The molecule has 0 saturated heterocycles. The molecule has 18 heavy (non-hydrogen) atoms. The molecular weight excluding hydrogens is 244 g/mol. The molecule has 2 rings (SSSR count). The third-order valence-corrected chi connectivity index (χ3v) is 3.71. The molecule has 0 amide bonds. The van der Waals surface area contributed by atoms with Gasteiger partial charge in [0.2, 0.25) is 0 Å². The Morgan fingerprint density at radius 2 is 1.89 bits per heavy atom. The van der Waals surface area contributed by atoms with Gasteiger partial charge in [-0.1, -0.05) is 55.6 Å². The Kier molecular flexibility index (Phi) is 4.48. The summed E-state index contributed by atoms with van der Waals surface area (Å²) in [4.78, 5) is 0. The number of halogens is 1. The zero-order valence-electron chi connectivity index (χ0n) is 11.0. The normalized spacial score (nSPS) is 10.8. The zero-order chi connectivity index (χ0) is 13.0. The van der Waals surface area contributed by atoms with E-state index in [9.17, 15) is 0 Å². The van der Waals surface area contributed by atoms with Gasteiger partial charge in [0, 0.05) is 5.39 Å². The maximum absolute atomic E-state index is 6.35. The first-order valence-corrected chi connectivity index (χ1v) is 6.89. The molecule has 0 bridgehead atoms. The monoisotopic (exact) mass is 262 g/mol. The van der Waals surface area contributed by atoms with Gasteiger partial charge in [-0.25, -0.2) is 0 Å². The fraction of sp³-hybridized carbons (Fsp3) is 0.375. The van der Waals surface area contributed by atoms with Gasteiger partial charge in [-0.05, 0) is 29.9 Å². The lowest BCUT2D eigenvalue weighted by Gasteiger charge is -2.10. The largest absolute Gasteiger partial charge is 0.495 e. The highest BCUT2D eigenvalue weighted by molar-refractivity contribution is 6.37. The van der Waals surface area contributed by atoms with Crippen LogP contribution in [0.25, 0.3) is 10.8 Å². The topological polar surface area (TPSA) is 9.23 Å². The summed E-state index contributed by atoms with van der Waals surface area (Å²) in [6, 6.07) is 10.4. The SMILES string of the molecule is CCCCCc1cccc2c(Cl)c(OC)ccc12. The summed E-state index contributed by atoms with van der Waals surface area (Å²) in [5.74, 6) is 0.745. The molecule has 0 N–H and O–H groups in total. The summed E-state index contributed by atoms with van der Waals surface area (Å²) in [5.41, 5.74) is 1.38. The first kappa shape index (κ1) is 13.2. The van der Waals surface area contributed by atoms with Crippen LogP contribution >= 0.6 is 11.6 Å². The van der Waals surface area contributed by atoms with E-state index in [-0.39, 0.29) is 0 Å². The number of hydrogen-bond acceptors (Lipinski definition) is 1. The molecule has 2 aromatic carbocycles. The van der Waals surface area contributed by atoms with E-state index in [1.807, 2.05) is 6.07 Å². The minimum absolute atomic E-state index is 0.715. The minimum atomic E-state index is 0.715. The van der Waals surface area contributed by atoms with Crippen LogP contribution in [-0.4, -0.2) is 7.11 Å². The average molecular weight is 263 g/mol. The van der Waals surface area contributed by atoms with Crippen molar-refractivity contribution in [3.8, 4) is 5.75 Å². The third kappa shape index (κ3) is 2.62. The fourth-order valence-corrected chi connectivity index (χ4v) is 2.61. The number of benzene rings is 2. The van der Waals surface area contributed by atoms with E-state index in [2.05, 4.69) is 31.2 Å². The lowest BCUT2D eigenvalue weighted by atomic mass is 9.99. The van der Waals surface area contributed by atoms with Crippen LogP contribution in [0.5, 0.6) is 5.75 Å². The van der Waals surface area contributed by atoms with Crippen molar-refractivity contribution in [3.05, 3.63) is 40.9 Å². The summed E-state index contributed by atoms with van der Waals surface area (Å²) in [6.07, 6.45) is 4.88. The molecule has 0 aromatic heterocycles. The van der Waals surface area contributed by atoms with Gasteiger partial charge in [0.15, 0.2) is 0 Å². The maximum Gasteiger partial charge on any atom is 0.138 e. The molecule has 0 heterocycles. The van der Waals surface area contributed by atoms with Crippen molar-refractivity contribution < 1.29 is 4.74 Å². The Morgan fingerprint density at radius 1 is 1.06 bits per heavy atom. The van der Waals surface area contributed by atoms with Crippen molar-refractivity contribution in [2.45, 2.75) is 32.6 Å². The molecular formula is C16H19ClO. The van der Waals surface area contributed by atoms with E-state index in [0.717, 1.165) is 17.6 Å². The summed E-state index contributed by atoms with van der Waals surface area (Å²) < 4.78 is 5.26. The molecule has 0 atom stereocenters. The van der Waals surface area contributed by atoms with Crippen molar-refractivity contribution in [2.24, 2.45) is 0 Å². The van der Waals surface area contributed by atoms with E-state index in [4.69, 9.17) is 16.3 Å². The van der Waals surface area contributed by atoms with E-state index in [1.165, 1.54) is 30.2 Å². The molecule has 2 aromatic rings. The van der Waals surface area contributed by atoms with E-state index in [0.29, 0.717) is 5.02 Å². The quantitative estimate of drug-likeness (QED) is 0.670. The van der Waals surface area contributed by atoms with E-state index < -0.39 is 0 Å². The van der Waals surface area contributed by atoms with Crippen molar-refractivity contribution in [1.82, 2.24) is 0 Å². The molecule has 0 aliphatic carbocycles. The molecule has 96 valence electrons. The van der Waals surface area contributed by atoms with Crippen LogP contribution in [0.15, 0.2) is 30.3 Å². The lowest BCUT2D eigenvalue weighted by Crippen LogP contribution is -1.90. The molecule has 0 aliphatic rings. The molecule has 0 spiro atoms. The van der Waals surface area contributed by atoms with Gasteiger partial charge in [0.1, 0.15) is 5.75 Å². The lowest BCUT2D eigenvalue weighted by molar-refractivity contribution is 0.415. The zero-order valence-corrected chi connectivity index (χ0v) is 11.8. The van der Waals surface area contributed by atoms with Crippen LogP contribution in [0.2, 0.25) is 5.02 Å². The van der Waals surface area contributed by atoms with Gasteiger partial charge in [0.05, 0.1) is 12.1 Å². The van der Waals surface area contributed by atoms with Crippen LogP contribution < -0.4 is 4.74 Å². The van der Waals surface area contributed by atoms with Crippen molar-refractivity contribution >= 4 is 22.4 Å². The molecule has 0 aliphatic heterocycles. The summed E-state index contributed by atoms with van der Waals surface area (Å²) >= 11 is 6.35. The predicted molar refractivity (Wildman–Crippen MR) is 78.7 cm³/mol. The van der Waals surface area contributed by atoms with Crippen molar-refractivity contribution in [2.75, 3.05) is 7.11 Å². The Hall–Kier alpha value is -1.21. The van der Waals surface area contributed by atoms with Gasteiger partial charge in [-0.3, -0.25) is 0 Å². The number of hydrogen-bond donors (Lipinski definition) is 0. The number of aryl methyl sites for hydroxylation is 1.